The number of fused-ring (bicyclic) bond motifs is 1. The average Bonchev–Trinajstić information content (AvgIpc) is 2.84. The van der Waals surface area contributed by atoms with Crippen LogP contribution in [0.25, 0.3) is 33.3 Å². The number of hydrogen-bond acceptors (Lipinski definition) is 3. The van der Waals surface area contributed by atoms with E-state index in [0.717, 1.165) is 56.4 Å². The van der Waals surface area contributed by atoms with E-state index in [-0.39, 0.29) is 22.7 Å². The summed E-state index contributed by atoms with van der Waals surface area (Å²) in [4.78, 5) is 4.67. The maximum Gasteiger partial charge on any atom is 0.416 e. The van der Waals surface area contributed by atoms with Gasteiger partial charge in [-0.25, -0.2) is 13.8 Å². The number of alkyl halides is 3. The van der Waals surface area contributed by atoms with Crippen LogP contribution in [0.1, 0.15) is 30.0 Å². The van der Waals surface area contributed by atoms with Crippen LogP contribution in [0.3, 0.4) is 0 Å². The minimum Gasteiger partial charge on any atom is -0.618 e. The van der Waals surface area contributed by atoms with Crippen molar-refractivity contribution in [2.24, 2.45) is 0 Å². The number of nitrogens with one attached hydrogen (secondary N) is 1. The van der Waals surface area contributed by atoms with Crippen molar-refractivity contribution in [2.75, 3.05) is 13.1 Å². The number of halogens is 5. The molecule has 35 heavy (non-hydrogen) atoms. The first-order chi connectivity index (χ1) is 16.7. The molecule has 0 amide bonds. The number of nitrogens with zero attached hydrogens (tertiary/aromatic N) is 2. The zero-order valence-corrected chi connectivity index (χ0v) is 18.4. The summed E-state index contributed by atoms with van der Waals surface area (Å²) in [6.45, 7) is 1.46. The molecule has 0 unspecified atom stereocenters. The van der Waals surface area contributed by atoms with Crippen LogP contribution in [0.15, 0.2) is 60.8 Å². The Kier molecular flexibility index (Phi) is 5.88. The minimum absolute atomic E-state index is 0.0242. The lowest BCUT2D eigenvalue weighted by molar-refractivity contribution is -0.592. The second-order valence-corrected chi connectivity index (χ2v) is 8.55. The van der Waals surface area contributed by atoms with E-state index in [4.69, 9.17) is 0 Å². The quantitative estimate of drug-likeness (QED) is 0.221. The second kappa shape index (κ2) is 8.88. The molecule has 0 spiro atoms. The van der Waals surface area contributed by atoms with Crippen molar-refractivity contribution < 1.29 is 26.7 Å². The first-order valence-electron chi connectivity index (χ1n) is 11.1. The van der Waals surface area contributed by atoms with Crippen molar-refractivity contribution >= 4 is 10.9 Å². The van der Waals surface area contributed by atoms with E-state index in [1.54, 1.807) is 6.07 Å². The number of hydrogen-bond donors (Lipinski definition) is 1. The molecule has 0 radical (unpaired) electrons. The SMILES string of the molecule is [O-][n+]1ccc2c(-c3cccc(C(F)(F)F)c3)cc(C3CCNCC3)nc2c1-c1c(F)cccc1F. The largest absolute Gasteiger partial charge is 0.618 e. The highest BCUT2D eigenvalue weighted by atomic mass is 19.4. The third-order valence-corrected chi connectivity index (χ3v) is 6.36. The molecular weight excluding hydrogens is 465 g/mol. The van der Waals surface area contributed by atoms with Gasteiger partial charge in [0.25, 0.3) is 5.69 Å². The van der Waals surface area contributed by atoms with Gasteiger partial charge in [0.1, 0.15) is 22.7 Å². The van der Waals surface area contributed by atoms with E-state index in [2.05, 4.69) is 10.3 Å². The van der Waals surface area contributed by atoms with Gasteiger partial charge in [-0.15, -0.1) is 0 Å². The Balaban J connectivity index is 1.84. The van der Waals surface area contributed by atoms with Crippen LogP contribution in [0.2, 0.25) is 0 Å². The van der Waals surface area contributed by atoms with Gasteiger partial charge in [0, 0.05) is 23.1 Å². The summed E-state index contributed by atoms with van der Waals surface area (Å²) >= 11 is 0. The summed E-state index contributed by atoms with van der Waals surface area (Å²) in [7, 11) is 0. The van der Waals surface area contributed by atoms with Crippen molar-refractivity contribution in [3.05, 3.63) is 88.9 Å². The minimum atomic E-state index is -4.55. The van der Waals surface area contributed by atoms with Crippen molar-refractivity contribution in [2.45, 2.75) is 24.9 Å². The summed E-state index contributed by atoms with van der Waals surface area (Å²) in [6.07, 6.45) is -2.00. The second-order valence-electron chi connectivity index (χ2n) is 8.55. The molecule has 4 nitrogen and oxygen atoms in total. The lowest BCUT2D eigenvalue weighted by Gasteiger charge is -2.23. The van der Waals surface area contributed by atoms with E-state index >= 15 is 0 Å². The number of benzene rings is 2. The normalized spacial score (nSPS) is 15.0. The predicted molar refractivity (Wildman–Crippen MR) is 121 cm³/mol. The van der Waals surface area contributed by atoms with E-state index in [9.17, 15) is 27.2 Å². The van der Waals surface area contributed by atoms with Gasteiger partial charge < -0.3 is 10.5 Å². The van der Waals surface area contributed by atoms with Crippen LogP contribution in [-0.4, -0.2) is 18.1 Å². The van der Waals surface area contributed by atoms with Crippen LogP contribution in [0.4, 0.5) is 22.0 Å². The van der Waals surface area contributed by atoms with E-state index < -0.39 is 28.9 Å². The third kappa shape index (κ3) is 4.32. The predicted octanol–water partition coefficient (Wildman–Crippen LogP) is 5.97. The lowest BCUT2D eigenvalue weighted by Crippen LogP contribution is -2.30. The molecule has 1 aliphatic heterocycles. The highest BCUT2D eigenvalue weighted by Crippen LogP contribution is 2.39. The maximum absolute atomic E-state index is 14.8. The van der Waals surface area contributed by atoms with Gasteiger partial charge in [-0.2, -0.15) is 17.9 Å². The Morgan fingerprint density at radius 3 is 2.31 bits per heavy atom. The van der Waals surface area contributed by atoms with Crippen molar-refractivity contribution in [3.63, 3.8) is 0 Å². The summed E-state index contributed by atoms with van der Waals surface area (Å²) in [6, 6.07) is 11.3. The first-order valence-corrected chi connectivity index (χ1v) is 11.1. The molecule has 0 bridgehead atoms. The van der Waals surface area contributed by atoms with Gasteiger partial charge in [0.15, 0.2) is 6.20 Å². The maximum atomic E-state index is 14.8. The Bertz CT molecular complexity index is 1390. The van der Waals surface area contributed by atoms with Crippen molar-refractivity contribution in [3.8, 4) is 22.4 Å². The van der Waals surface area contributed by atoms with Crippen LogP contribution in [0.5, 0.6) is 0 Å². The molecule has 0 saturated carbocycles. The average molecular weight is 485 g/mol. The fraction of sp³-hybridized carbons (Fsp3) is 0.231. The summed E-state index contributed by atoms with van der Waals surface area (Å²) in [5.74, 6) is -1.89. The van der Waals surface area contributed by atoms with Crippen LogP contribution in [0, 0.1) is 16.8 Å². The molecule has 1 N–H and O–H groups in total. The van der Waals surface area contributed by atoms with Gasteiger partial charge in [0.05, 0.1) is 5.56 Å². The molecular formula is C26H20F5N3O. The smallest absolute Gasteiger partial charge is 0.416 e. The van der Waals surface area contributed by atoms with Crippen LogP contribution >= 0.6 is 0 Å². The molecule has 0 atom stereocenters. The molecule has 1 fully saturated rings. The zero-order chi connectivity index (χ0) is 24.7. The Labute approximate surface area is 197 Å². The molecule has 9 heteroatoms. The molecule has 5 rings (SSSR count). The highest BCUT2D eigenvalue weighted by molar-refractivity contribution is 6.00. The monoisotopic (exact) mass is 485 g/mol. The van der Waals surface area contributed by atoms with Crippen molar-refractivity contribution in [1.29, 1.82) is 0 Å². The van der Waals surface area contributed by atoms with E-state index in [1.807, 2.05) is 0 Å². The molecule has 1 saturated heterocycles. The molecule has 1 aliphatic rings. The van der Waals surface area contributed by atoms with Gasteiger partial charge in [-0.1, -0.05) is 18.2 Å². The number of aromatic nitrogens is 2. The van der Waals surface area contributed by atoms with Crippen LogP contribution < -0.4 is 10.0 Å². The summed E-state index contributed by atoms with van der Waals surface area (Å²) in [5, 5.41) is 16.4. The zero-order valence-electron chi connectivity index (χ0n) is 18.4. The molecule has 3 heterocycles. The van der Waals surface area contributed by atoms with Gasteiger partial charge in [-0.05, 0) is 67.4 Å². The van der Waals surface area contributed by atoms with E-state index in [1.165, 1.54) is 24.3 Å². The number of pyridine rings is 2. The van der Waals surface area contributed by atoms with Crippen molar-refractivity contribution in [1.82, 2.24) is 10.3 Å². The Morgan fingerprint density at radius 2 is 1.63 bits per heavy atom. The highest BCUT2D eigenvalue weighted by Gasteiger charge is 2.31. The molecule has 2 aromatic carbocycles. The fourth-order valence-corrected chi connectivity index (χ4v) is 4.63. The van der Waals surface area contributed by atoms with E-state index in [0.29, 0.717) is 21.4 Å². The lowest BCUT2D eigenvalue weighted by atomic mass is 9.90. The first kappa shape index (κ1) is 23.2. The Morgan fingerprint density at radius 1 is 0.943 bits per heavy atom. The fourth-order valence-electron chi connectivity index (χ4n) is 4.63. The number of rotatable bonds is 3. The number of piperidine rings is 1. The Hall–Kier alpha value is -3.59. The molecule has 2 aromatic heterocycles. The topological polar surface area (TPSA) is 51.9 Å². The van der Waals surface area contributed by atoms with Gasteiger partial charge >= 0.3 is 6.18 Å². The molecule has 0 aliphatic carbocycles. The van der Waals surface area contributed by atoms with Gasteiger partial charge in [-0.3, -0.25) is 0 Å². The summed E-state index contributed by atoms with van der Waals surface area (Å²) in [5.41, 5.74) is -0.386. The summed E-state index contributed by atoms with van der Waals surface area (Å²) < 4.78 is 70.2. The molecule has 4 aromatic rings. The third-order valence-electron chi connectivity index (χ3n) is 6.36. The molecule has 180 valence electrons. The standard InChI is InChI=1S/C26H20F5N3O/c27-20-5-2-6-21(28)23(20)25-24-18(9-12-34(25)35)19(14-22(33-24)15-7-10-32-11-8-15)16-3-1-4-17(13-16)26(29,30)31/h1-6,9,12-15,32H,7-8,10-11H2. The van der Waals surface area contributed by atoms with Crippen LogP contribution in [-0.2, 0) is 6.18 Å². The van der Waals surface area contributed by atoms with Gasteiger partial charge in [0.2, 0.25) is 0 Å².